The maximum absolute atomic E-state index is 13.4. The second-order valence-corrected chi connectivity index (χ2v) is 8.29. The second kappa shape index (κ2) is 11.4. The molecule has 1 unspecified atom stereocenters. The summed E-state index contributed by atoms with van der Waals surface area (Å²) in [4.78, 5) is 48.5. The van der Waals surface area contributed by atoms with Crippen molar-refractivity contribution in [1.29, 1.82) is 0 Å². The highest BCUT2D eigenvalue weighted by atomic mass is 16.6. The van der Waals surface area contributed by atoms with Crippen LogP contribution in [0.3, 0.4) is 0 Å². The van der Waals surface area contributed by atoms with E-state index in [1.165, 1.54) is 48.5 Å². The summed E-state index contributed by atoms with van der Waals surface area (Å²) >= 11 is 0. The van der Waals surface area contributed by atoms with Gasteiger partial charge in [0.15, 0.2) is 0 Å². The molecule has 0 spiro atoms. The summed E-state index contributed by atoms with van der Waals surface area (Å²) in [5.74, 6) is -0.875. The van der Waals surface area contributed by atoms with Crippen molar-refractivity contribution in [3.63, 3.8) is 0 Å². The average Bonchev–Trinajstić information content (AvgIpc) is 2.86. The van der Waals surface area contributed by atoms with E-state index in [1.54, 1.807) is 4.90 Å². The zero-order valence-corrected chi connectivity index (χ0v) is 18.9. The van der Waals surface area contributed by atoms with Crippen molar-refractivity contribution in [3.05, 3.63) is 79.9 Å². The molecule has 180 valence electrons. The Kier molecular flexibility index (Phi) is 8.29. The topological polar surface area (TPSA) is 133 Å². The van der Waals surface area contributed by atoms with Gasteiger partial charge in [-0.1, -0.05) is 26.2 Å². The van der Waals surface area contributed by atoms with Gasteiger partial charge >= 0.3 is 5.97 Å². The number of carbonyl (C=O) groups is 2. The van der Waals surface area contributed by atoms with Gasteiger partial charge in [0.05, 0.1) is 22.0 Å². The fourth-order valence-corrected chi connectivity index (χ4v) is 4.09. The molecule has 0 radical (unpaired) electrons. The lowest BCUT2D eigenvalue weighted by Crippen LogP contribution is -2.46. The number of ether oxygens (including phenoxy) is 1. The summed E-state index contributed by atoms with van der Waals surface area (Å²) < 4.78 is 5.65. The van der Waals surface area contributed by atoms with E-state index < -0.39 is 21.9 Å². The van der Waals surface area contributed by atoms with Gasteiger partial charge in [0.2, 0.25) is 0 Å². The zero-order chi connectivity index (χ0) is 24.7. The lowest BCUT2D eigenvalue weighted by Gasteiger charge is -2.36. The van der Waals surface area contributed by atoms with Crippen molar-refractivity contribution >= 4 is 23.3 Å². The van der Waals surface area contributed by atoms with E-state index in [2.05, 4.69) is 0 Å². The predicted molar refractivity (Wildman–Crippen MR) is 124 cm³/mol. The lowest BCUT2D eigenvalue weighted by atomic mass is 9.93. The van der Waals surface area contributed by atoms with E-state index in [1.807, 2.05) is 6.92 Å². The Morgan fingerprint density at radius 2 is 1.41 bits per heavy atom. The van der Waals surface area contributed by atoms with Crippen molar-refractivity contribution in [2.24, 2.45) is 0 Å². The molecule has 10 heteroatoms. The molecule has 1 atom stereocenters. The van der Waals surface area contributed by atoms with E-state index in [-0.39, 0.29) is 35.4 Å². The largest absolute Gasteiger partial charge is 0.457 e. The van der Waals surface area contributed by atoms with Crippen LogP contribution >= 0.6 is 0 Å². The van der Waals surface area contributed by atoms with Crippen LogP contribution in [0.4, 0.5) is 11.4 Å². The molecule has 1 fully saturated rings. The van der Waals surface area contributed by atoms with Gasteiger partial charge in [0.1, 0.15) is 6.10 Å². The highest BCUT2D eigenvalue weighted by molar-refractivity contribution is 5.95. The van der Waals surface area contributed by atoms with Gasteiger partial charge in [-0.2, -0.15) is 0 Å². The van der Waals surface area contributed by atoms with Gasteiger partial charge in [-0.25, -0.2) is 4.79 Å². The van der Waals surface area contributed by atoms with Crippen LogP contribution in [0.25, 0.3) is 0 Å². The van der Waals surface area contributed by atoms with Crippen molar-refractivity contribution in [3.8, 4) is 0 Å². The number of carbonyl (C=O) groups excluding carboxylic acids is 2. The first-order chi connectivity index (χ1) is 16.3. The Labute approximate surface area is 196 Å². The minimum absolute atomic E-state index is 0.0106. The molecule has 0 heterocycles. The maximum atomic E-state index is 13.4. The third-order valence-corrected chi connectivity index (χ3v) is 6.04. The van der Waals surface area contributed by atoms with Crippen LogP contribution in [0.1, 0.15) is 66.2 Å². The van der Waals surface area contributed by atoms with Crippen LogP contribution in [-0.2, 0) is 4.74 Å². The number of nitro groups is 2. The highest BCUT2D eigenvalue weighted by Gasteiger charge is 2.30. The summed E-state index contributed by atoms with van der Waals surface area (Å²) in [6.45, 7) is 2.04. The number of esters is 1. The van der Waals surface area contributed by atoms with E-state index in [0.29, 0.717) is 12.0 Å². The lowest BCUT2D eigenvalue weighted by molar-refractivity contribution is -0.385. The van der Waals surface area contributed by atoms with Gasteiger partial charge in [-0.15, -0.1) is 0 Å². The van der Waals surface area contributed by atoms with Crippen LogP contribution < -0.4 is 0 Å². The molecular weight excluding hydrogens is 442 g/mol. The van der Waals surface area contributed by atoms with Crippen molar-refractivity contribution < 1.29 is 24.2 Å². The van der Waals surface area contributed by atoms with Crippen LogP contribution in [-0.4, -0.2) is 45.3 Å². The van der Waals surface area contributed by atoms with E-state index in [4.69, 9.17) is 4.74 Å². The van der Waals surface area contributed by atoms with Gasteiger partial charge in [-0.3, -0.25) is 25.0 Å². The van der Waals surface area contributed by atoms with Crippen molar-refractivity contribution in [2.45, 2.75) is 57.6 Å². The molecule has 1 amide bonds. The number of amides is 1. The fourth-order valence-electron chi connectivity index (χ4n) is 4.09. The normalized spacial score (nSPS) is 14.7. The molecule has 2 aromatic carbocycles. The predicted octanol–water partition coefficient (Wildman–Crippen LogP) is 4.91. The van der Waals surface area contributed by atoms with Gasteiger partial charge in [0, 0.05) is 35.9 Å². The average molecular weight is 469 g/mol. The number of hydrogen-bond acceptors (Lipinski definition) is 7. The van der Waals surface area contributed by atoms with E-state index >= 15 is 0 Å². The van der Waals surface area contributed by atoms with Crippen LogP contribution in [0, 0.1) is 20.2 Å². The number of nitrogens with zero attached hydrogens (tertiary/aromatic N) is 3. The van der Waals surface area contributed by atoms with Gasteiger partial charge in [0.25, 0.3) is 17.3 Å². The first-order valence-corrected chi connectivity index (χ1v) is 11.3. The molecule has 2 aromatic rings. The van der Waals surface area contributed by atoms with Gasteiger partial charge in [-0.05, 0) is 43.5 Å². The van der Waals surface area contributed by atoms with Crippen LogP contribution in [0.5, 0.6) is 0 Å². The highest BCUT2D eigenvalue weighted by Crippen LogP contribution is 2.26. The molecule has 34 heavy (non-hydrogen) atoms. The SMILES string of the molecule is CCC(CN(C(=O)c1ccc([N+](=O)[O-])cc1)C1CCCCC1)OC(=O)c1ccc([N+](=O)[O-])cc1. The Morgan fingerprint density at radius 1 is 0.912 bits per heavy atom. The monoisotopic (exact) mass is 469 g/mol. The molecule has 0 saturated heterocycles. The Balaban J connectivity index is 1.76. The molecule has 10 nitrogen and oxygen atoms in total. The van der Waals surface area contributed by atoms with Crippen LogP contribution in [0.15, 0.2) is 48.5 Å². The molecule has 0 bridgehead atoms. The van der Waals surface area contributed by atoms with E-state index in [0.717, 1.165) is 32.1 Å². The number of rotatable bonds is 9. The standard InChI is InChI=1S/C24H27N3O7/c1-2-22(34-24(29)18-10-14-21(15-11-18)27(32)33)16-25(19-6-4-3-5-7-19)23(28)17-8-12-20(13-9-17)26(30)31/h8-15,19,22H,2-7,16H2,1H3. The molecule has 0 N–H and O–H groups in total. The summed E-state index contributed by atoms with van der Waals surface area (Å²) in [7, 11) is 0. The molecule has 3 rings (SSSR count). The number of nitro benzene ring substituents is 2. The molecule has 1 saturated carbocycles. The summed E-state index contributed by atoms with van der Waals surface area (Å²) in [5, 5.41) is 21.8. The Hall–Kier alpha value is -3.82. The summed E-state index contributed by atoms with van der Waals surface area (Å²) in [6.07, 6.45) is 4.66. The molecule has 1 aliphatic rings. The third kappa shape index (κ3) is 6.15. The van der Waals surface area contributed by atoms with Crippen molar-refractivity contribution in [1.82, 2.24) is 4.90 Å². The first kappa shape index (κ1) is 24.8. The quantitative estimate of drug-likeness (QED) is 0.289. The third-order valence-electron chi connectivity index (χ3n) is 6.04. The van der Waals surface area contributed by atoms with Gasteiger partial charge < -0.3 is 9.64 Å². The summed E-state index contributed by atoms with van der Waals surface area (Å²) in [5.41, 5.74) is 0.313. The number of hydrogen-bond donors (Lipinski definition) is 0. The zero-order valence-electron chi connectivity index (χ0n) is 18.9. The minimum atomic E-state index is -0.617. The number of non-ortho nitro benzene ring substituents is 2. The smallest absolute Gasteiger partial charge is 0.338 e. The maximum Gasteiger partial charge on any atom is 0.338 e. The van der Waals surface area contributed by atoms with E-state index in [9.17, 15) is 29.8 Å². The van der Waals surface area contributed by atoms with Crippen LogP contribution in [0.2, 0.25) is 0 Å². The molecule has 0 aromatic heterocycles. The molecule has 1 aliphatic carbocycles. The summed E-state index contributed by atoms with van der Waals surface area (Å²) in [6, 6.07) is 10.6. The van der Waals surface area contributed by atoms with Crippen molar-refractivity contribution in [2.75, 3.05) is 6.54 Å². The Morgan fingerprint density at radius 3 is 1.88 bits per heavy atom. The molecular formula is C24H27N3O7. The molecule has 0 aliphatic heterocycles. The number of benzene rings is 2. The second-order valence-electron chi connectivity index (χ2n) is 8.29. The minimum Gasteiger partial charge on any atom is -0.457 e. The fraction of sp³-hybridized carbons (Fsp3) is 0.417. The Bertz CT molecular complexity index is 1030. The first-order valence-electron chi connectivity index (χ1n) is 11.3.